The zero-order chi connectivity index (χ0) is 13.1. The van der Waals surface area contributed by atoms with Crippen molar-refractivity contribution in [1.29, 1.82) is 0 Å². The van der Waals surface area contributed by atoms with Crippen LogP contribution in [0.25, 0.3) is 0 Å². The smallest absolute Gasteiger partial charge is 0.246 e. The summed E-state index contributed by atoms with van der Waals surface area (Å²) in [7, 11) is 0. The van der Waals surface area contributed by atoms with Gasteiger partial charge in [-0.15, -0.1) is 0 Å². The highest BCUT2D eigenvalue weighted by Gasteiger charge is 2.06. The largest absolute Gasteiger partial charge is 0.396 e. The van der Waals surface area contributed by atoms with Crippen LogP contribution in [0.3, 0.4) is 0 Å². The van der Waals surface area contributed by atoms with Crippen LogP contribution in [0.5, 0.6) is 0 Å². The zero-order valence-corrected chi connectivity index (χ0v) is 11.6. The number of aromatic nitrogens is 2. The molecule has 0 unspecified atom stereocenters. The molecule has 1 heterocycles. The van der Waals surface area contributed by atoms with E-state index in [0.29, 0.717) is 16.4 Å². The highest BCUT2D eigenvalue weighted by molar-refractivity contribution is 9.10. The molecule has 1 amide bonds. The van der Waals surface area contributed by atoms with E-state index < -0.39 is 0 Å². The lowest BCUT2D eigenvalue weighted by Crippen LogP contribution is -2.18. The van der Waals surface area contributed by atoms with E-state index in [0.717, 1.165) is 4.47 Å². The summed E-state index contributed by atoms with van der Waals surface area (Å²) in [5.41, 5.74) is 6.70. The molecule has 0 aliphatic heterocycles. The summed E-state index contributed by atoms with van der Waals surface area (Å²) in [4.78, 5) is 11.7. The molecule has 3 N–H and O–H groups in total. The second kappa shape index (κ2) is 5.41. The van der Waals surface area contributed by atoms with E-state index in [2.05, 4.69) is 26.3 Å². The Morgan fingerprint density at radius 3 is 2.94 bits per heavy atom. The van der Waals surface area contributed by atoms with Crippen molar-refractivity contribution >= 4 is 44.8 Å². The van der Waals surface area contributed by atoms with E-state index in [9.17, 15) is 4.79 Å². The van der Waals surface area contributed by atoms with Crippen molar-refractivity contribution < 1.29 is 4.79 Å². The summed E-state index contributed by atoms with van der Waals surface area (Å²) in [6.07, 6.45) is 3.09. The third kappa shape index (κ3) is 3.24. The average molecular weight is 330 g/mol. The summed E-state index contributed by atoms with van der Waals surface area (Å²) < 4.78 is 2.20. The Hall–Kier alpha value is -1.53. The van der Waals surface area contributed by atoms with Gasteiger partial charge in [-0.25, -0.2) is 0 Å². The average Bonchev–Trinajstić information content (AvgIpc) is 2.69. The van der Waals surface area contributed by atoms with Gasteiger partial charge in [-0.2, -0.15) is 5.10 Å². The van der Waals surface area contributed by atoms with Gasteiger partial charge in [0.25, 0.3) is 0 Å². The first-order valence-electron chi connectivity index (χ1n) is 5.07. The van der Waals surface area contributed by atoms with Crippen LogP contribution in [-0.2, 0) is 11.3 Å². The molecule has 7 heteroatoms. The quantitative estimate of drug-likeness (QED) is 0.909. The molecule has 0 aliphatic carbocycles. The van der Waals surface area contributed by atoms with Gasteiger partial charge in [0, 0.05) is 16.4 Å². The predicted molar refractivity (Wildman–Crippen MR) is 74.4 cm³/mol. The monoisotopic (exact) mass is 328 g/mol. The van der Waals surface area contributed by atoms with E-state index in [-0.39, 0.29) is 12.5 Å². The maximum atomic E-state index is 11.7. The number of nitrogens with zero attached hydrogens (tertiary/aromatic N) is 2. The van der Waals surface area contributed by atoms with Gasteiger partial charge < -0.3 is 11.1 Å². The van der Waals surface area contributed by atoms with Gasteiger partial charge in [0.15, 0.2) is 0 Å². The first-order valence-corrected chi connectivity index (χ1v) is 6.24. The minimum absolute atomic E-state index is 0.109. The van der Waals surface area contributed by atoms with Gasteiger partial charge in [0.2, 0.25) is 5.91 Å². The number of hydrogen-bond acceptors (Lipinski definition) is 3. The summed E-state index contributed by atoms with van der Waals surface area (Å²) >= 11 is 9.15. The molecule has 2 rings (SSSR count). The highest BCUT2D eigenvalue weighted by Crippen LogP contribution is 2.25. The molecule has 5 nitrogen and oxygen atoms in total. The maximum absolute atomic E-state index is 11.7. The minimum Gasteiger partial charge on any atom is -0.396 e. The summed E-state index contributed by atoms with van der Waals surface area (Å²) in [6, 6.07) is 5.16. The van der Waals surface area contributed by atoms with Crippen LogP contribution in [0, 0.1) is 0 Å². The maximum Gasteiger partial charge on any atom is 0.246 e. The lowest BCUT2D eigenvalue weighted by atomic mass is 10.3. The van der Waals surface area contributed by atoms with Crippen molar-refractivity contribution in [3.05, 3.63) is 40.1 Å². The van der Waals surface area contributed by atoms with E-state index in [1.54, 1.807) is 24.4 Å². The Bertz CT molecular complexity index is 584. The molecule has 0 atom stereocenters. The van der Waals surface area contributed by atoms with Gasteiger partial charge in [-0.05, 0) is 34.1 Å². The SMILES string of the molecule is Nc1cnn(CC(=O)Nc2ccc(Cl)c(Br)c2)c1. The Morgan fingerprint density at radius 1 is 1.56 bits per heavy atom. The molecule has 0 radical (unpaired) electrons. The fraction of sp³-hybridized carbons (Fsp3) is 0.0909. The predicted octanol–water partition coefficient (Wildman–Crippen LogP) is 2.52. The molecule has 94 valence electrons. The first-order chi connectivity index (χ1) is 8.54. The van der Waals surface area contributed by atoms with Crippen LogP contribution in [0.4, 0.5) is 11.4 Å². The number of halogens is 2. The van der Waals surface area contributed by atoms with Gasteiger partial charge in [-0.3, -0.25) is 9.48 Å². The van der Waals surface area contributed by atoms with Crippen LogP contribution >= 0.6 is 27.5 Å². The van der Waals surface area contributed by atoms with Crippen LogP contribution in [0.2, 0.25) is 5.02 Å². The molecule has 0 saturated carbocycles. The zero-order valence-electron chi connectivity index (χ0n) is 9.23. The van der Waals surface area contributed by atoms with Crippen molar-refractivity contribution in [3.8, 4) is 0 Å². The normalized spacial score (nSPS) is 10.3. The molecular formula is C11H10BrClN4O. The number of carbonyl (C=O) groups excluding carboxylic acids is 1. The van der Waals surface area contributed by atoms with Crippen LogP contribution < -0.4 is 11.1 Å². The van der Waals surface area contributed by atoms with Crippen LogP contribution in [0.1, 0.15) is 0 Å². The molecule has 0 aliphatic rings. The van der Waals surface area contributed by atoms with Crippen molar-refractivity contribution in [2.75, 3.05) is 11.1 Å². The number of rotatable bonds is 3. The Labute approximate surface area is 117 Å². The number of hydrogen-bond donors (Lipinski definition) is 2. The molecule has 0 bridgehead atoms. The summed E-state index contributed by atoms with van der Waals surface area (Å²) in [5.74, 6) is -0.188. The third-order valence-corrected chi connectivity index (χ3v) is 3.38. The Kier molecular flexibility index (Phi) is 3.88. The first kappa shape index (κ1) is 12.9. The van der Waals surface area contributed by atoms with Gasteiger partial charge >= 0.3 is 0 Å². The molecule has 1 aromatic carbocycles. The molecule has 1 aromatic heterocycles. The second-order valence-electron chi connectivity index (χ2n) is 3.65. The molecule has 0 fully saturated rings. The fourth-order valence-corrected chi connectivity index (χ4v) is 1.88. The van der Waals surface area contributed by atoms with E-state index in [1.807, 2.05) is 0 Å². The van der Waals surface area contributed by atoms with Gasteiger partial charge in [0.05, 0.1) is 16.9 Å². The van der Waals surface area contributed by atoms with Crippen molar-refractivity contribution in [2.24, 2.45) is 0 Å². The Balaban J connectivity index is 2.00. The van der Waals surface area contributed by atoms with Crippen LogP contribution in [-0.4, -0.2) is 15.7 Å². The number of nitrogens with one attached hydrogen (secondary N) is 1. The number of anilines is 2. The topological polar surface area (TPSA) is 72.9 Å². The van der Waals surface area contributed by atoms with Gasteiger partial charge in [-0.1, -0.05) is 11.6 Å². The lowest BCUT2D eigenvalue weighted by Gasteiger charge is -2.06. The van der Waals surface area contributed by atoms with Gasteiger partial charge in [0.1, 0.15) is 6.54 Å². The molecule has 0 spiro atoms. The number of nitrogen functional groups attached to an aromatic ring is 1. The van der Waals surface area contributed by atoms with E-state index in [4.69, 9.17) is 17.3 Å². The molecule has 0 saturated heterocycles. The van der Waals surface area contributed by atoms with Crippen molar-refractivity contribution in [1.82, 2.24) is 9.78 Å². The van der Waals surface area contributed by atoms with Crippen molar-refractivity contribution in [3.63, 3.8) is 0 Å². The second-order valence-corrected chi connectivity index (χ2v) is 4.91. The third-order valence-electron chi connectivity index (χ3n) is 2.16. The summed E-state index contributed by atoms with van der Waals surface area (Å²) in [6.45, 7) is 0.109. The summed E-state index contributed by atoms with van der Waals surface area (Å²) in [5, 5.41) is 7.26. The number of amides is 1. The van der Waals surface area contributed by atoms with E-state index >= 15 is 0 Å². The van der Waals surface area contributed by atoms with E-state index in [1.165, 1.54) is 10.9 Å². The molecule has 2 aromatic rings. The highest BCUT2D eigenvalue weighted by atomic mass is 79.9. The standard InChI is InChI=1S/C11H10BrClN4O/c12-9-3-8(1-2-10(9)13)16-11(18)6-17-5-7(14)4-15-17/h1-5H,6,14H2,(H,16,18). The van der Waals surface area contributed by atoms with Crippen molar-refractivity contribution in [2.45, 2.75) is 6.54 Å². The minimum atomic E-state index is -0.188. The Morgan fingerprint density at radius 2 is 2.33 bits per heavy atom. The number of benzene rings is 1. The van der Waals surface area contributed by atoms with Crippen LogP contribution in [0.15, 0.2) is 35.1 Å². The number of carbonyl (C=O) groups is 1. The lowest BCUT2D eigenvalue weighted by molar-refractivity contribution is -0.116. The molecule has 18 heavy (non-hydrogen) atoms. The fourth-order valence-electron chi connectivity index (χ4n) is 1.39. The number of nitrogens with two attached hydrogens (primary N) is 1. The molecular weight excluding hydrogens is 320 g/mol.